The Morgan fingerprint density at radius 3 is 2.55 bits per heavy atom. The molecule has 0 unspecified atom stereocenters. The first-order valence-electron chi connectivity index (χ1n) is 6.39. The fraction of sp³-hybridized carbons (Fsp3) is 0.133. The number of carbonyl (C=O) groups excluding carboxylic acids is 1. The van der Waals surface area contributed by atoms with Crippen LogP contribution in [0.1, 0.15) is 5.56 Å². The lowest BCUT2D eigenvalue weighted by Crippen LogP contribution is -2.14. The predicted molar refractivity (Wildman–Crippen MR) is 91.3 cm³/mol. The number of hydrogen-bond donors (Lipinski definition) is 1. The van der Waals surface area contributed by atoms with Gasteiger partial charge in [-0.25, -0.2) is 0 Å². The number of nitro benzene ring substituents is 1. The highest BCUT2D eigenvalue weighted by Crippen LogP contribution is 2.27. The van der Waals surface area contributed by atoms with Gasteiger partial charge in [0.25, 0.3) is 5.69 Å². The zero-order valence-electron chi connectivity index (χ0n) is 11.7. The molecule has 0 bridgehead atoms. The molecular formula is C15H13BrN2O3S. The Morgan fingerprint density at radius 2 is 1.95 bits per heavy atom. The van der Waals surface area contributed by atoms with E-state index in [-0.39, 0.29) is 17.3 Å². The van der Waals surface area contributed by atoms with Gasteiger partial charge in [0.15, 0.2) is 0 Å². The third-order valence-corrected chi connectivity index (χ3v) is 4.50. The van der Waals surface area contributed by atoms with Gasteiger partial charge in [-0.05, 0) is 41.1 Å². The lowest BCUT2D eigenvalue weighted by molar-refractivity contribution is -0.384. The number of carbonyl (C=O) groups is 1. The summed E-state index contributed by atoms with van der Waals surface area (Å²) in [5, 5.41) is 13.4. The van der Waals surface area contributed by atoms with Crippen LogP contribution in [0.2, 0.25) is 0 Å². The zero-order chi connectivity index (χ0) is 16.1. The zero-order valence-corrected chi connectivity index (χ0v) is 14.1. The normalized spacial score (nSPS) is 10.3. The molecule has 2 rings (SSSR count). The van der Waals surface area contributed by atoms with Crippen molar-refractivity contribution in [2.75, 3.05) is 11.1 Å². The summed E-state index contributed by atoms with van der Waals surface area (Å²) in [6.07, 6.45) is 0. The molecule has 0 aliphatic carbocycles. The summed E-state index contributed by atoms with van der Waals surface area (Å²) in [5.41, 5.74) is 1.66. The van der Waals surface area contributed by atoms with E-state index in [2.05, 4.69) is 21.2 Å². The highest BCUT2D eigenvalue weighted by molar-refractivity contribution is 9.10. The maximum atomic E-state index is 11.9. The summed E-state index contributed by atoms with van der Waals surface area (Å²) in [5.74, 6) is 0.104. The van der Waals surface area contributed by atoms with E-state index in [4.69, 9.17) is 0 Å². The summed E-state index contributed by atoms with van der Waals surface area (Å²) in [4.78, 5) is 23.1. The topological polar surface area (TPSA) is 72.2 Å². The molecule has 7 heteroatoms. The standard InChI is InChI=1S/C15H13BrN2O3S/c1-10-2-5-12(6-3-10)22-9-15(19)17-14-7-4-11(18(20)21)8-13(14)16/h2-8H,9H2,1H3,(H,17,19). The number of amides is 1. The second-order valence-electron chi connectivity index (χ2n) is 4.57. The first-order chi connectivity index (χ1) is 10.5. The second kappa shape index (κ2) is 7.42. The number of nitrogens with one attached hydrogen (secondary N) is 1. The van der Waals surface area contributed by atoms with Gasteiger partial charge >= 0.3 is 0 Å². The van der Waals surface area contributed by atoms with E-state index >= 15 is 0 Å². The highest BCUT2D eigenvalue weighted by Gasteiger charge is 2.11. The Labute approximate surface area is 140 Å². The molecule has 0 radical (unpaired) electrons. The minimum Gasteiger partial charge on any atom is -0.324 e. The molecule has 114 valence electrons. The van der Waals surface area contributed by atoms with Gasteiger partial charge in [0.05, 0.1) is 16.4 Å². The molecule has 5 nitrogen and oxygen atoms in total. The molecule has 0 saturated heterocycles. The number of halogens is 1. The summed E-state index contributed by atoms with van der Waals surface area (Å²) >= 11 is 4.66. The van der Waals surface area contributed by atoms with Crippen molar-refractivity contribution in [2.24, 2.45) is 0 Å². The van der Waals surface area contributed by atoms with Crippen LogP contribution in [0, 0.1) is 17.0 Å². The van der Waals surface area contributed by atoms with Gasteiger partial charge in [-0.15, -0.1) is 11.8 Å². The van der Waals surface area contributed by atoms with Gasteiger partial charge in [0.2, 0.25) is 5.91 Å². The number of nitro groups is 1. The molecule has 0 aromatic heterocycles. The molecule has 0 aliphatic heterocycles. The average molecular weight is 381 g/mol. The van der Waals surface area contributed by atoms with Gasteiger partial charge in [0.1, 0.15) is 0 Å². The van der Waals surface area contributed by atoms with Gasteiger partial charge in [-0.2, -0.15) is 0 Å². The quantitative estimate of drug-likeness (QED) is 0.474. The van der Waals surface area contributed by atoms with E-state index in [1.807, 2.05) is 31.2 Å². The summed E-state index contributed by atoms with van der Waals surface area (Å²) in [7, 11) is 0. The molecule has 2 aromatic rings. The van der Waals surface area contributed by atoms with Gasteiger partial charge < -0.3 is 5.32 Å². The van der Waals surface area contributed by atoms with Crippen molar-refractivity contribution in [1.29, 1.82) is 0 Å². The van der Waals surface area contributed by atoms with Crippen LogP contribution in [0.15, 0.2) is 51.8 Å². The van der Waals surface area contributed by atoms with E-state index in [1.54, 1.807) is 0 Å². The van der Waals surface area contributed by atoms with Crippen molar-refractivity contribution < 1.29 is 9.72 Å². The minimum absolute atomic E-state index is 0.0288. The predicted octanol–water partition coefficient (Wildman–Crippen LogP) is 4.40. The van der Waals surface area contributed by atoms with Crippen molar-refractivity contribution in [2.45, 2.75) is 11.8 Å². The molecule has 0 saturated carbocycles. The number of anilines is 1. The van der Waals surface area contributed by atoms with Crippen LogP contribution >= 0.6 is 27.7 Å². The van der Waals surface area contributed by atoms with Gasteiger partial charge in [0, 0.05) is 21.5 Å². The molecule has 0 spiro atoms. The van der Waals surface area contributed by atoms with Gasteiger partial charge in [-0.3, -0.25) is 14.9 Å². The Balaban J connectivity index is 1.94. The number of rotatable bonds is 5. The van der Waals surface area contributed by atoms with Crippen LogP contribution in [0.5, 0.6) is 0 Å². The van der Waals surface area contributed by atoms with Crippen molar-refractivity contribution in [3.05, 3.63) is 62.6 Å². The number of aryl methyl sites for hydroxylation is 1. The fourth-order valence-corrected chi connectivity index (χ4v) is 2.85. The molecule has 1 amide bonds. The van der Waals surface area contributed by atoms with E-state index in [0.29, 0.717) is 10.2 Å². The highest BCUT2D eigenvalue weighted by atomic mass is 79.9. The monoisotopic (exact) mass is 380 g/mol. The number of non-ortho nitro benzene ring substituents is 1. The van der Waals surface area contributed by atoms with Crippen molar-refractivity contribution in [3.63, 3.8) is 0 Å². The molecule has 1 N–H and O–H groups in total. The maximum Gasteiger partial charge on any atom is 0.270 e. The number of nitrogens with zero attached hydrogens (tertiary/aromatic N) is 1. The number of benzene rings is 2. The molecular weight excluding hydrogens is 368 g/mol. The van der Waals surface area contributed by atoms with E-state index < -0.39 is 4.92 Å². The third kappa shape index (κ3) is 4.57. The first kappa shape index (κ1) is 16.5. The van der Waals surface area contributed by atoms with Gasteiger partial charge in [-0.1, -0.05) is 17.7 Å². The van der Waals surface area contributed by atoms with Crippen molar-refractivity contribution in [3.8, 4) is 0 Å². The fourth-order valence-electron chi connectivity index (χ4n) is 1.69. The summed E-state index contributed by atoms with van der Waals surface area (Å²) < 4.78 is 0.482. The van der Waals surface area contributed by atoms with Crippen LogP contribution in [-0.2, 0) is 4.79 Å². The smallest absolute Gasteiger partial charge is 0.270 e. The van der Waals surface area contributed by atoms with E-state index in [9.17, 15) is 14.9 Å². The maximum absolute atomic E-state index is 11.9. The average Bonchev–Trinajstić information content (AvgIpc) is 2.48. The van der Waals surface area contributed by atoms with Crippen LogP contribution in [0.3, 0.4) is 0 Å². The summed E-state index contributed by atoms with van der Waals surface area (Å²) in [6, 6.07) is 12.2. The third-order valence-electron chi connectivity index (χ3n) is 2.83. The Morgan fingerprint density at radius 1 is 1.27 bits per heavy atom. The molecule has 0 fully saturated rings. The van der Waals surface area contributed by atoms with Crippen LogP contribution in [0.4, 0.5) is 11.4 Å². The second-order valence-corrected chi connectivity index (χ2v) is 6.47. The molecule has 0 atom stereocenters. The lowest BCUT2D eigenvalue weighted by Gasteiger charge is -2.07. The van der Waals surface area contributed by atoms with Crippen molar-refractivity contribution >= 4 is 45.0 Å². The van der Waals surface area contributed by atoms with Crippen LogP contribution < -0.4 is 5.32 Å². The molecule has 0 heterocycles. The molecule has 2 aromatic carbocycles. The Bertz CT molecular complexity index is 704. The molecule has 22 heavy (non-hydrogen) atoms. The minimum atomic E-state index is -0.483. The van der Waals surface area contributed by atoms with Crippen LogP contribution in [0.25, 0.3) is 0 Å². The first-order valence-corrected chi connectivity index (χ1v) is 8.17. The van der Waals surface area contributed by atoms with E-state index in [0.717, 1.165) is 4.90 Å². The Kier molecular flexibility index (Phi) is 5.57. The number of thioether (sulfide) groups is 1. The van der Waals surface area contributed by atoms with Crippen molar-refractivity contribution in [1.82, 2.24) is 0 Å². The van der Waals surface area contributed by atoms with E-state index in [1.165, 1.54) is 35.5 Å². The Hall–Kier alpha value is -1.86. The SMILES string of the molecule is Cc1ccc(SCC(=O)Nc2ccc([N+](=O)[O-])cc2Br)cc1. The number of hydrogen-bond acceptors (Lipinski definition) is 4. The van der Waals surface area contributed by atoms with Crippen LogP contribution in [-0.4, -0.2) is 16.6 Å². The molecule has 0 aliphatic rings. The summed E-state index contributed by atoms with van der Waals surface area (Å²) in [6.45, 7) is 2.01. The lowest BCUT2D eigenvalue weighted by atomic mass is 10.2. The largest absolute Gasteiger partial charge is 0.324 e.